The van der Waals surface area contributed by atoms with Gasteiger partial charge in [0, 0.05) is 16.3 Å². The van der Waals surface area contributed by atoms with Gasteiger partial charge < -0.3 is 0 Å². The van der Waals surface area contributed by atoms with Crippen molar-refractivity contribution in [3.05, 3.63) is 29.3 Å². The number of nitrogens with one attached hydrogen (secondary N) is 2. The number of unbranched alkanes of at least 4 members (excludes halogenated alkanes) is 4. The molecule has 0 atom stereocenters. The van der Waals surface area contributed by atoms with Gasteiger partial charge >= 0.3 is 0 Å². The maximum atomic E-state index is 11.6. The summed E-state index contributed by atoms with van der Waals surface area (Å²) in [6.45, 7) is 2.16. The van der Waals surface area contributed by atoms with Gasteiger partial charge in [-0.1, -0.05) is 44.2 Å². The van der Waals surface area contributed by atoms with Crippen molar-refractivity contribution in [2.45, 2.75) is 50.3 Å². The maximum Gasteiger partial charge on any atom is 0.248 e. The summed E-state index contributed by atoms with van der Waals surface area (Å²) in [6, 6.07) is 7.27. The molecule has 2 amide bonds. The molecule has 0 aliphatic heterocycles. The summed E-state index contributed by atoms with van der Waals surface area (Å²) in [6.07, 6.45) is 5.93. The normalized spacial score (nSPS) is 10.3. The Hall–Kier alpha value is -1.20. The fraction of sp³-hybridized carbons (Fsp3) is 0.500. The van der Waals surface area contributed by atoms with E-state index in [0.29, 0.717) is 11.4 Å². The molecule has 0 heterocycles. The fourth-order valence-electron chi connectivity index (χ4n) is 1.81. The number of benzene rings is 1. The summed E-state index contributed by atoms with van der Waals surface area (Å²) in [4.78, 5) is 24.1. The molecule has 0 aliphatic carbocycles. The van der Waals surface area contributed by atoms with Crippen LogP contribution in [0.1, 0.15) is 45.4 Å². The first-order valence-corrected chi connectivity index (χ1v) is 8.94. The van der Waals surface area contributed by atoms with E-state index < -0.39 is 0 Å². The molecule has 0 saturated carbocycles. The van der Waals surface area contributed by atoms with Gasteiger partial charge in [0.1, 0.15) is 0 Å². The highest BCUT2D eigenvalue weighted by atomic mass is 35.5. The molecule has 0 bridgehead atoms. The Bertz CT molecular complexity index is 466. The molecule has 1 aromatic rings. The van der Waals surface area contributed by atoms with Crippen LogP contribution in [0, 0.1) is 0 Å². The van der Waals surface area contributed by atoms with Gasteiger partial charge in [0.05, 0.1) is 5.75 Å². The molecule has 0 unspecified atom stereocenters. The van der Waals surface area contributed by atoms with Crippen molar-refractivity contribution in [1.29, 1.82) is 0 Å². The monoisotopic (exact) mass is 342 g/mol. The van der Waals surface area contributed by atoms with Gasteiger partial charge in [-0.3, -0.25) is 20.4 Å². The lowest BCUT2D eigenvalue weighted by molar-refractivity contribution is -0.127. The van der Waals surface area contributed by atoms with Crippen LogP contribution in [-0.2, 0) is 9.59 Å². The molecular formula is C16H23ClN2O2S. The first-order chi connectivity index (χ1) is 10.6. The van der Waals surface area contributed by atoms with Crippen LogP contribution in [0.25, 0.3) is 0 Å². The van der Waals surface area contributed by atoms with Crippen LogP contribution in [0.2, 0.25) is 5.02 Å². The molecule has 1 rings (SSSR count). The Labute approximate surface area is 141 Å². The lowest BCUT2D eigenvalue weighted by Crippen LogP contribution is -2.42. The Morgan fingerprint density at radius 1 is 1.00 bits per heavy atom. The van der Waals surface area contributed by atoms with Crippen molar-refractivity contribution in [2.75, 3.05) is 5.75 Å². The van der Waals surface area contributed by atoms with E-state index in [2.05, 4.69) is 17.8 Å². The Morgan fingerprint density at radius 3 is 2.32 bits per heavy atom. The van der Waals surface area contributed by atoms with Crippen LogP contribution in [0.15, 0.2) is 29.2 Å². The summed E-state index contributed by atoms with van der Waals surface area (Å²) in [5.41, 5.74) is 4.88. The predicted molar refractivity (Wildman–Crippen MR) is 91.8 cm³/mol. The molecule has 0 aromatic heterocycles. The van der Waals surface area contributed by atoms with E-state index in [4.69, 9.17) is 11.6 Å². The average Bonchev–Trinajstić information content (AvgIpc) is 2.52. The van der Waals surface area contributed by atoms with Gasteiger partial charge in [-0.2, -0.15) is 0 Å². The standard InChI is InChI=1S/C16H23ClN2O2S/c1-2-3-4-5-6-7-15(20)18-19-16(21)12-22-14-10-8-13(17)9-11-14/h8-11H,2-7,12H2,1H3,(H,18,20)(H,19,21). The van der Waals surface area contributed by atoms with Crippen molar-refractivity contribution >= 4 is 35.2 Å². The molecule has 2 N–H and O–H groups in total. The highest BCUT2D eigenvalue weighted by molar-refractivity contribution is 8.00. The van der Waals surface area contributed by atoms with E-state index in [1.54, 1.807) is 12.1 Å². The number of hydrazine groups is 1. The quantitative estimate of drug-likeness (QED) is 0.406. The zero-order valence-corrected chi connectivity index (χ0v) is 14.4. The molecule has 4 nitrogen and oxygen atoms in total. The molecule has 0 fully saturated rings. The molecule has 0 radical (unpaired) electrons. The Morgan fingerprint density at radius 2 is 1.64 bits per heavy atom. The van der Waals surface area contributed by atoms with Crippen LogP contribution in [0.3, 0.4) is 0 Å². The third-order valence-electron chi connectivity index (χ3n) is 3.03. The van der Waals surface area contributed by atoms with Gasteiger partial charge in [-0.05, 0) is 30.7 Å². The highest BCUT2D eigenvalue weighted by Crippen LogP contribution is 2.19. The third-order valence-corrected chi connectivity index (χ3v) is 4.30. The number of hydrogen-bond acceptors (Lipinski definition) is 3. The molecule has 6 heteroatoms. The van der Waals surface area contributed by atoms with Gasteiger partial charge in [0.2, 0.25) is 11.8 Å². The second-order valence-electron chi connectivity index (χ2n) is 5.00. The molecule has 22 heavy (non-hydrogen) atoms. The van der Waals surface area contributed by atoms with E-state index >= 15 is 0 Å². The van der Waals surface area contributed by atoms with Crippen LogP contribution in [0.4, 0.5) is 0 Å². The van der Waals surface area contributed by atoms with Crippen LogP contribution in [-0.4, -0.2) is 17.6 Å². The Balaban J connectivity index is 2.09. The number of thioether (sulfide) groups is 1. The largest absolute Gasteiger partial charge is 0.273 e. The minimum Gasteiger partial charge on any atom is -0.273 e. The molecule has 1 aromatic carbocycles. The highest BCUT2D eigenvalue weighted by Gasteiger charge is 2.05. The van der Waals surface area contributed by atoms with E-state index in [9.17, 15) is 9.59 Å². The van der Waals surface area contributed by atoms with E-state index in [1.807, 2.05) is 12.1 Å². The smallest absolute Gasteiger partial charge is 0.248 e. The predicted octanol–water partition coefficient (Wildman–Crippen LogP) is 3.94. The van der Waals surface area contributed by atoms with Gasteiger partial charge in [0.15, 0.2) is 0 Å². The number of carbonyl (C=O) groups is 2. The molecule has 0 saturated heterocycles. The molecule has 0 spiro atoms. The van der Waals surface area contributed by atoms with Gasteiger partial charge in [-0.15, -0.1) is 11.8 Å². The SMILES string of the molecule is CCCCCCCC(=O)NNC(=O)CSc1ccc(Cl)cc1. The minimum atomic E-state index is -0.223. The van der Waals surface area contributed by atoms with Crippen molar-refractivity contribution in [3.8, 4) is 0 Å². The fourth-order valence-corrected chi connectivity index (χ4v) is 2.63. The van der Waals surface area contributed by atoms with Crippen molar-refractivity contribution < 1.29 is 9.59 Å². The maximum absolute atomic E-state index is 11.6. The molecule has 0 aliphatic rings. The number of amides is 2. The van der Waals surface area contributed by atoms with Crippen molar-refractivity contribution in [1.82, 2.24) is 10.9 Å². The van der Waals surface area contributed by atoms with E-state index in [1.165, 1.54) is 24.6 Å². The number of rotatable bonds is 9. The molecular weight excluding hydrogens is 320 g/mol. The average molecular weight is 343 g/mol. The van der Waals surface area contributed by atoms with E-state index in [-0.39, 0.29) is 17.6 Å². The second-order valence-corrected chi connectivity index (χ2v) is 6.49. The molecule has 122 valence electrons. The van der Waals surface area contributed by atoms with Gasteiger partial charge in [0.25, 0.3) is 0 Å². The first kappa shape index (κ1) is 18.8. The van der Waals surface area contributed by atoms with Crippen molar-refractivity contribution in [3.63, 3.8) is 0 Å². The second kappa shape index (κ2) is 11.4. The topological polar surface area (TPSA) is 58.2 Å². The lowest BCUT2D eigenvalue weighted by Gasteiger charge is -2.07. The van der Waals surface area contributed by atoms with E-state index in [0.717, 1.165) is 24.2 Å². The summed E-state index contributed by atoms with van der Waals surface area (Å²) >= 11 is 7.19. The van der Waals surface area contributed by atoms with Gasteiger partial charge in [-0.25, -0.2) is 0 Å². The third kappa shape index (κ3) is 8.95. The number of carbonyl (C=O) groups excluding carboxylic acids is 2. The number of hydrogen-bond donors (Lipinski definition) is 2. The van der Waals surface area contributed by atoms with Crippen molar-refractivity contribution in [2.24, 2.45) is 0 Å². The number of halogens is 1. The zero-order chi connectivity index (χ0) is 16.2. The zero-order valence-electron chi connectivity index (χ0n) is 12.9. The summed E-state index contributed by atoms with van der Waals surface area (Å²) in [5.74, 6) is -0.112. The first-order valence-electron chi connectivity index (χ1n) is 7.58. The lowest BCUT2D eigenvalue weighted by atomic mass is 10.1. The minimum absolute atomic E-state index is 0.138. The van der Waals surface area contributed by atoms with Crippen LogP contribution in [0.5, 0.6) is 0 Å². The summed E-state index contributed by atoms with van der Waals surface area (Å²) in [7, 11) is 0. The van der Waals surface area contributed by atoms with Crippen LogP contribution < -0.4 is 10.9 Å². The summed E-state index contributed by atoms with van der Waals surface area (Å²) < 4.78 is 0. The Kier molecular flexibility index (Phi) is 9.75. The van der Waals surface area contributed by atoms with Crippen LogP contribution >= 0.6 is 23.4 Å². The summed E-state index contributed by atoms with van der Waals surface area (Å²) in [5, 5.41) is 0.667.